The lowest BCUT2D eigenvalue weighted by Gasteiger charge is -2.19. The Morgan fingerprint density at radius 2 is 1.92 bits per heavy atom. The molecule has 1 aromatic rings. The summed E-state index contributed by atoms with van der Waals surface area (Å²) in [6, 6.07) is 2.57. The first kappa shape index (κ1) is 20.2. The fourth-order valence-electron chi connectivity index (χ4n) is 1.58. The zero-order valence-corrected chi connectivity index (χ0v) is 13.2. The molecule has 138 valence electrons. The van der Waals surface area contributed by atoms with E-state index in [0.29, 0.717) is 0 Å². The van der Waals surface area contributed by atoms with E-state index in [4.69, 9.17) is 5.11 Å². The molecule has 0 aliphatic heterocycles. The number of carboxylic acids is 1. The summed E-state index contributed by atoms with van der Waals surface area (Å²) >= 11 is 0. The molecule has 0 atom stereocenters. The number of nitrogens with one attached hydrogen (secondary N) is 1. The van der Waals surface area contributed by atoms with Crippen LogP contribution in [-0.2, 0) is 4.79 Å². The van der Waals surface area contributed by atoms with Crippen LogP contribution in [0.1, 0.15) is 24.2 Å². The van der Waals surface area contributed by atoms with E-state index in [1.165, 1.54) is 13.8 Å². The number of hydrogen-bond donors (Lipinski definition) is 2. The number of amides is 1. The topological polar surface area (TPSA) is 119 Å². The molecule has 1 rings (SSSR count). The molecular weight excluding hydrogens is 349 g/mol. The van der Waals surface area contributed by atoms with Crippen molar-refractivity contribution in [2.45, 2.75) is 20.0 Å². The monoisotopic (exact) mass is 364 g/mol. The van der Waals surface area contributed by atoms with Crippen LogP contribution in [0.4, 0.5) is 18.9 Å². The summed E-state index contributed by atoms with van der Waals surface area (Å²) in [5, 5.41) is 22.2. The number of rotatable bonds is 7. The van der Waals surface area contributed by atoms with Crippen molar-refractivity contribution < 1.29 is 37.5 Å². The van der Waals surface area contributed by atoms with Crippen LogP contribution in [0, 0.1) is 15.5 Å². The number of carbonyl (C=O) groups is 2. The number of carboxylic acid groups (broad SMARTS) is 1. The number of benzene rings is 1. The van der Waals surface area contributed by atoms with Crippen LogP contribution in [0.15, 0.2) is 18.2 Å². The molecule has 2 N–H and O–H groups in total. The van der Waals surface area contributed by atoms with Crippen molar-refractivity contribution in [3.05, 3.63) is 33.9 Å². The average molecular weight is 364 g/mol. The Hall–Kier alpha value is -2.85. The van der Waals surface area contributed by atoms with Gasteiger partial charge in [0.1, 0.15) is 11.3 Å². The Morgan fingerprint density at radius 1 is 1.32 bits per heavy atom. The third kappa shape index (κ3) is 5.94. The molecule has 0 spiro atoms. The predicted octanol–water partition coefficient (Wildman–Crippen LogP) is 2.38. The van der Waals surface area contributed by atoms with Crippen molar-refractivity contribution in [1.29, 1.82) is 0 Å². The minimum Gasteiger partial charge on any atom is -0.484 e. The maximum Gasteiger partial charge on any atom is 0.422 e. The predicted molar refractivity (Wildman–Crippen MR) is 78.4 cm³/mol. The summed E-state index contributed by atoms with van der Waals surface area (Å²) in [5.74, 6) is -2.59. The van der Waals surface area contributed by atoms with Crippen LogP contribution in [0.25, 0.3) is 0 Å². The van der Waals surface area contributed by atoms with Gasteiger partial charge in [-0.3, -0.25) is 19.7 Å². The number of hydrogen-bond acceptors (Lipinski definition) is 5. The van der Waals surface area contributed by atoms with Gasteiger partial charge in [0.15, 0.2) is 6.61 Å². The van der Waals surface area contributed by atoms with Gasteiger partial charge in [0.2, 0.25) is 0 Å². The zero-order chi connectivity index (χ0) is 19.4. The molecule has 0 saturated carbocycles. The number of carbonyl (C=O) groups excluding carboxylic acids is 1. The number of aliphatic carboxylic acids is 1. The van der Waals surface area contributed by atoms with Crippen LogP contribution in [0.5, 0.6) is 5.75 Å². The van der Waals surface area contributed by atoms with Gasteiger partial charge < -0.3 is 15.2 Å². The second-order valence-corrected chi connectivity index (χ2v) is 5.71. The van der Waals surface area contributed by atoms with Crippen molar-refractivity contribution >= 4 is 17.6 Å². The van der Waals surface area contributed by atoms with Gasteiger partial charge in [0, 0.05) is 12.6 Å². The molecular formula is C14H15F3N2O6. The van der Waals surface area contributed by atoms with Crippen molar-refractivity contribution in [3.63, 3.8) is 0 Å². The number of nitrogens with zero attached hydrogens (tertiary/aromatic N) is 1. The smallest absolute Gasteiger partial charge is 0.422 e. The van der Waals surface area contributed by atoms with E-state index in [9.17, 15) is 32.9 Å². The summed E-state index contributed by atoms with van der Waals surface area (Å²) in [7, 11) is 0. The van der Waals surface area contributed by atoms with E-state index >= 15 is 0 Å². The average Bonchev–Trinajstić information content (AvgIpc) is 2.49. The number of alkyl halides is 3. The molecule has 0 aromatic heterocycles. The Kier molecular flexibility index (Phi) is 5.95. The lowest BCUT2D eigenvalue weighted by molar-refractivity contribution is -0.385. The van der Waals surface area contributed by atoms with Gasteiger partial charge >= 0.3 is 12.1 Å². The third-order valence-electron chi connectivity index (χ3n) is 3.08. The molecule has 0 unspecified atom stereocenters. The van der Waals surface area contributed by atoms with E-state index in [2.05, 4.69) is 10.1 Å². The van der Waals surface area contributed by atoms with E-state index in [1.807, 2.05) is 0 Å². The highest BCUT2D eigenvalue weighted by atomic mass is 19.4. The maximum atomic E-state index is 12.2. The highest BCUT2D eigenvalue weighted by molar-refractivity contribution is 5.98. The fraction of sp³-hybridized carbons (Fsp3) is 0.429. The highest BCUT2D eigenvalue weighted by Crippen LogP contribution is 2.26. The Bertz CT molecular complexity index is 688. The Balaban J connectivity index is 3.03. The van der Waals surface area contributed by atoms with Crippen LogP contribution < -0.4 is 10.1 Å². The van der Waals surface area contributed by atoms with Gasteiger partial charge in [0.05, 0.1) is 10.3 Å². The lowest BCUT2D eigenvalue weighted by Crippen LogP contribution is -2.39. The summed E-state index contributed by atoms with van der Waals surface area (Å²) < 4.78 is 41.0. The minimum atomic E-state index is -4.62. The van der Waals surface area contributed by atoms with Gasteiger partial charge in [-0.05, 0) is 26.0 Å². The van der Waals surface area contributed by atoms with Gasteiger partial charge in [0.25, 0.3) is 11.6 Å². The maximum absolute atomic E-state index is 12.2. The first-order chi connectivity index (χ1) is 11.3. The van der Waals surface area contributed by atoms with Gasteiger partial charge in [-0.15, -0.1) is 0 Å². The van der Waals surface area contributed by atoms with Crippen molar-refractivity contribution in [2.75, 3.05) is 13.2 Å². The molecule has 0 radical (unpaired) electrons. The molecule has 0 saturated heterocycles. The molecule has 1 amide bonds. The summed E-state index contributed by atoms with van der Waals surface area (Å²) in [4.78, 5) is 33.2. The van der Waals surface area contributed by atoms with Gasteiger partial charge in [-0.1, -0.05) is 0 Å². The van der Waals surface area contributed by atoms with E-state index in [1.54, 1.807) is 0 Å². The normalized spacial score (nSPS) is 11.7. The van der Waals surface area contributed by atoms with Crippen LogP contribution >= 0.6 is 0 Å². The number of nitro benzene ring substituents is 1. The van der Waals surface area contributed by atoms with Gasteiger partial charge in [-0.25, -0.2) is 0 Å². The molecule has 8 nitrogen and oxygen atoms in total. The fourth-order valence-corrected chi connectivity index (χ4v) is 1.58. The number of nitro groups is 1. The molecule has 0 heterocycles. The van der Waals surface area contributed by atoms with Crippen LogP contribution in [0.3, 0.4) is 0 Å². The summed E-state index contributed by atoms with van der Waals surface area (Å²) in [6.45, 7) is 0.684. The summed E-state index contributed by atoms with van der Waals surface area (Å²) in [5.41, 5.74) is -2.52. The minimum absolute atomic E-state index is 0.341. The zero-order valence-electron chi connectivity index (χ0n) is 13.2. The SMILES string of the molecule is CC(C)(CNC(=O)c1cc(OCC(F)(F)F)ccc1[N+](=O)[O-])C(=O)O. The number of ether oxygens (including phenoxy) is 1. The van der Waals surface area contributed by atoms with Crippen LogP contribution in [0.2, 0.25) is 0 Å². The van der Waals surface area contributed by atoms with Crippen molar-refractivity contribution in [1.82, 2.24) is 5.32 Å². The van der Waals surface area contributed by atoms with E-state index in [-0.39, 0.29) is 12.3 Å². The molecule has 25 heavy (non-hydrogen) atoms. The van der Waals surface area contributed by atoms with Crippen molar-refractivity contribution in [2.24, 2.45) is 5.41 Å². The molecule has 1 aromatic carbocycles. The second kappa shape index (κ2) is 7.36. The first-order valence-corrected chi connectivity index (χ1v) is 6.83. The lowest BCUT2D eigenvalue weighted by atomic mass is 9.94. The molecule has 0 aliphatic rings. The van der Waals surface area contributed by atoms with E-state index < -0.39 is 46.2 Å². The Morgan fingerprint density at radius 3 is 2.40 bits per heavy atom. The highest BCUT2D eigenvalue weighted by Gasteiger charge is 2.31. The quantitative estimate of drug-likeness (QED) is 0.566. The van der Waals surface area contributed by atoms with Crippen LogP contribution in [-0.4, -0.2) is 41.2 Å². The number of halogens is 3. The first-order valence-electron chi connectivity index (χ1n) is 6.83. The largest absolute Gasteiger partial charge is 0.484 e. The Labute approximate surface area is 139 Å². The molecule has 11 heteroatoms. The molecule has 0 fully saturated rings. The van der Waals surface area contributed by atoms with Crippen molar-refractivity contribution in [3.8, 4) is 5.75 Å². The second-order valence-electron chi connectivity index (χ2n) is 5.71. The summed E-state index contributed by atoms with van der Waals surface area (Å²) in [6.07, 6.45) is -4.62. The molecule has 0 bridgehead atoms. The van der Waals surface area contributed by atoms with Gasteiger partial charge in [-0.2, -0.15) is 13.2 Å². The van der Waals surface area contributed by atoms with E-state index in [0.717, 1.165) is 18.2 Å². The third-order valence-corrected chi connectivity index (χ3v) is 3.08. The standard InChI is InChI=1S/C14H15F3N2O6/c1-13(2,12(21)22)6-18-11(20)9-5-8(25-7-14(15,16)17)3-4-10(9)19(23)24/h3-5H,6-7H2,1-2H3,(H,18,20)(H,21,22). The molecule has 0 aliphatic carbocycles.